The van der Waals surface area contributed by atoms with E-state index >= 15 is 0 Å². The third-order valence-corrected chi connectivity index (χ3v) is 16.8. The van der Waals surface area contributed by atoms with Gasteiger partial charge in [-0.15, -0.1) is 23.2 Å². The lowest BCUT2D eigenvalue weighted by molar-refractivity contribution is -0.156. The van der Waals surface area contributed by atoms with Crippen LogP contribution < -0.4 is 25.4 Å². The van der Waals surface area contributed by atoms with Crippen LogP contribution in [0.4, 0.5) is 29.6 Å². The molecule has 5 aromatic carbocycles. The van der Waals surface area contributed by atoms with Gasteiger partial charge in [0.15, 0.2) is 3.77 Å². The molecular formula is C75H83Cl3F3IN12O10. The van der Waals surface area contributed by atoms with Gasteiger partial charge in [0, 0.05) is 143 Å². The standard InChI is InChI=1S/C32H39N5O5.C27H31N5O3.C12H6ClIN2O.C2HF3O.CH2Cl2.CH4/c1-32(2,3)42-31(38)37-18-16-36(17-19-37)15-14-33-29-27-26(23-8-6-5-7-9-23)28(41-30(27)35-22-34-29)24-10-12-25(13-11-24)40-21-20-39-4;1-33-17-18-34-22-9-7-21(8-10-22)25-23(20-5-3-2-4-6-20)24-26(30-19-31-27(24)35-25)29-13-16-32-14-11-28-12-15-32;13-10-9-8(7-4-2-1-3-5-7)11(14)17-12(9)16-6-15-10;3-2(4,5)1-6;2-1-3;/h5-13,22H,14-21H2,1-4H3,(H,33,34,35);2-10,19,28H,11-18H2,1H3,(H,29,30,31);1-6H;1H;1H2;1H4. The number of aldehydes is 1. The molecule has 8 heterocycles. The van der Waals surface area contributed by atoms with Crippen molar-refractivity contribution in [2.75, 3.05) is 135 Å². The molecule has 0 saturated carbocycles. The molecule has 3 N–H and O–H groups in total. The van der Waals surface area contributed by atoms with Crippen LogP contribution in [0, 0.1) is 3.77 Å². The van der Waals surface area contributed by atoms with Gasteiger partial charge in [-0.05, 0) is 86.0 Å². The zero-order valence-corrected chi connectivity index (χ0v) is 61.8. The zero-order chi connectivity index (χ0) is 73.1. The number of carbonyl (C=O) groups excluding carboxylic acids is 2. The molecule has 6 aromatic heterocycles. The van der Waals surface area contributed by atoms with Gasteiger partial charge >= 0.3 is 12.3 Å². The summed E-state index contributed by atoms with van der Waals surface area (Å²) in [4.78, 5) is 53.9. The number of amides is 1. The van der Waals surface area contributed by atoms with Crippen LogP contribution in [0.2, 0.25) is 5.15 Å². The summed E-state index contributed by atoms with van der Waals surface area (Å²) in [6.45, 7) is 18.1. The number of piperazine rings is 2. The third kappa shape index (κ3) is 23.1. The molecule has 0 spiro atoms. The van der Waals surface area contributed by atoms with Gasteiger partial charge in [0.05, 0.1) is 34.7 Å². The number of rotatable bonds is 21. The largest absolute Gasteiger partial charge is 0.491 e. The Labute approximate surface area is 630 Å². The Morgan fingerprint density at radius 2 is 0.952 bits per heavy atom. The highest BCUT2D eigenvalue weighted by Crippen LogP contribution is 2.45. The molecule has 0 radical (unpaired) electrons. The second kappa shape index (κ2) is 40.5. The van der Waals surface area contributed by atoms with Crippen LogP contribution in [0.15, 0.2) is 172 Å². The number of benzene rings is 5. The molecule has 22 nitrogen and oxygen atoms in total. The van der Waals surface area contributed by atoms with Crippen molar-refractivity contribution >= 4 is 115 Å². The van der Waals surface area contributed by atoms with E-state index in [1.165, 1.54) is 12.7 Å². The number of hydrogen-bond acceptors (Lipinski definition) is 21. The van der Waals surface area contributed by atoms with E-state index in [0.717, 1.165) is 158 Å². The molecule has 104 heavy (non-hydrogen) atoms. The fourth-order valence-corrected chi connectivity index (χ4v) is 12.0. The number of hydrogen-bond donors (Lipinski definition) is 3. The first-order valence-electron chi connectivity index (χ1n) is 32.9. The SMILES string of the molecule is C.COCCOc1ccc(-c2oc3ncnc(NCCN4CCN(C(=O)OC(C)(C)C)CC4)c3c2-c2ccccc2)cc1.COCCOc1ccc(-c2oc3ncnc(NCCN4CCNCC4)c3c2-c2ccccc2)cc1.ClCCl.Clc1ncnc2oc(I)c(-c3ccccc3)c12.O=CC(F)(F)F. The Morgan fingerprint density at radius 1 is 0.558 bits per heavy atom. The lowest BCUT2D eigenvalue weighted by atomic mass is 9.99. The molecule has 2 fully saturated rings. The number of alkyl halides is 5. The van der Waals surface area contributed by atoms with E-state index in [2.05, 4.69) is 103 Å². The maximum absolute atomic E-state index is 12.4. The molecule has 0 atom stereocenters. The minimum absolute atomic E-state index is 0. The molecule has 2 saturated heterocycles. The minimum atomic E-state index is -4.64. The number of carbonyl (C=O) groups is 2. The molecule has 0 aliphatic carbocycles. The number of furan rings is 3. The van der Waals surface area contributed by atoms with Crippen molar-refractivity contribution < 1.29 is 59.7 Å². The molecule has 11 aromatic rings. The molecule has 1 amide bonds. The van der Waals surface area contributed by atoms with Crippen LogP contribution in [-0.4, -0.2) is 193 Å². The fourth-order valence-electron chi connectivity index (χ4n) is 11.0. The maximum Gasteiger partial charge on any atom is 0.446 e. The average molecular weight is 1600 g/mol. The Balaban J connectivity index is 0.000000197. The Hall–Kier alpha value is -8.71. The highest BCUT2D eigenvalue weighted by Gasteiger charge is 2.29. The van der Waals surface area contributed by atoms with Crippen molar-refractivity contribution in [3.63, 3.8) is 0 Å². The predicted octanol–water partition coefficient (Wildman–Crippen LogP) is 16.4. The summed E-state index contributed by atoms with van der Waals surface area (Å²) in [5, 5.41) is 13.6. The highest BCUT2D eigenvalue weighted by molar-refractivity contribution is 14.1. The summed E-state index contributed by atoms with van der Waals surface area (Å²) < 4.78 is 77.5. The normalized spacial score (nSPS) is 13.2. The van der Waals surface area contributed by atoms with Gasteiger partial charge < -0.3 is 57.8 Å². The van der Waals surface area contributed by atoms with E-state index in [-0.39, 0.29) is 18.9 Å². The number of halogens is 7. The first-order valence-corrected chi connectivity index (χ1v) is 35.4. The number of fused-ring (bicyclic) bond motifs is 3. The second-order valence-corrected chi connectivity index (χ2v) is 26.0. The number of aromatic nitrogens is 6. The van der Waals surface area contributed by atoms with Gasteiger partial charge in [0.25, 0.3) is 0 Å². The first kappa shape index (κ1) is 81.0. The fraction of sp³-hybridized carbons (Fsp3) is 0.333. The van der Waals surface area contributed by atoms with Crippen LogP contribution in [0.3, 0.4) is 0 Å². The van der Waals surface area contributed by atoms with Crippen LogP contribution in [-0.2, 0) is 19.0 Å². The van der Waals surface area contributed by atoms with Crippen molar-refractivity contribution in [2.24, 2.45) is 0 Å². The Kier molecular flexibility index (Phi) is 31.6. The van der Waals surface area contributed by atoms with Gasteiger partial charge in [-0.2, -0.15) is 13.2 Å². The smallest absolute Gasteiger partial charge is 0.446 e. The van der Waals surface area contributed by atoms with Crippen LogP contribution in [0.1, 0.15) is 28.2 Å². The number of nitrogens with zero attached hydrogens (tertiary/aromatic N) is 9. The van der Waals surface area contributed by atoms with Crippen LogP contribution in [0.25, 0.3) is 89.3 Å². The van der Waals surface area contributed by atoms with Crippen LogP contribution in [0.5, 0.6) is 11.5 Å². The van der Waals surface area contributed by atoms with Crippen molar-refractivity contribution in [3.05, 3.63) is 167 Å². The molecular weight excluding hydrogens is 1520 g/mol. The Bertz CT molecular complexity index is 4420. The van der Waals surface area contributed by atoms with Crippen molar-refractivity contribution in [2.45, 2.75) is 40.0 Å². The quantitative estimate of drug-likeness (QED) is 0.0199. The van der Waals surface area contributed by atoms with Gasteiger partial charge in [-0.1, -0.05) is 110 Å². The first-order chi connectivity index (χ1) is 49.9. The summed E-state index contributed by atoms with van der Waals surface area (Å²) in [7, 11) is 3.32. The molecule has 0 unspecified atom stereocenters. The van der Waals surface area contributed by atoms with Crippen LogP contribution >= 0.6 is 57.4 Å². The average Bonchev–Trinajstić information content (AvgIpc) is 1.72. The molecule has 552 valence electrons. The van der Waals surface area contributed by atoms with Gasteiger partial charge in [-0.25, -0.2) is 34.7 Å². The lowest BCUT2D eigenvalue weighted by Gasteiger charge is -2.35. The zero-order valence-electron chi connectivity index (χ0n) is 57.4. The van der Waals surface area contributed by atoms with E-state index < -0.39 is 18.1 Å². The number of anilines is 2. The number of nitrogens with one attached hydrogen (secondary N) is 3. The highest BCUT2D eigenvalue weighted by atomic mass is 127. The molecule has 2 aliphatic rings. The second-order valence-electron chi connectivity index (χ2n) is 23.9. The number of ether oxygens (including phenoxy) is 5. The van der Waals surface area contributed by atoms with E-state index in [9.17, 15) is 18.0 Å². The van der Waals surface area contributed by atoms with Gasteiger partial charge in [0.2, 0.25) is 23.4 Å². The topological polar surface area (TPSA) is 243 Å². The predicted molar refractivity (Wildman–Crippen MR) is 411 cm³/mol. The molecule has 13 rings (SSSR count). The molecule has 29 heteroatoms. The van der Waals surface area contributed by atoms with Crippen molar-refractivity contribution in [3.8, 4) is 67.5 Å². The summed E-state index contributed by atoms with van der Waals surface area (Å²) in [5.41, 5.74) is 8.98. The van der Waals surface area contributed by atoms with Crippen molar-refractivity contribution in [1.82, 2.24) is 49.9 Å². The summed E-state index contributed by atoms with van der Waals surface area (Å²) in [6, 6.07) is 46.1. The third-order valence-electron chi connectivity index (χ3n) is 15.7. The summed E-state index contributed by atoms with van der Waals surface area (Å²) in [5.74, 6) is 4.56. The summed E-state index contributed by atoms with van der Waals surface area (Å²) >= 11 is 17.8. The summed E-state index contributed by atoms with van der Waals surface area (Å²) in [6.07, 6.45) is -1.46. The number of methoxy groups -OCH3 is 2. The van der Waals surface area contributed by atoms with Crippen molar-refractivity contribution in [1.29, 1.82) is 0 Å². The van der Waals surface area contributed by atoms with Gasteiger partial charge in [-0.3, -0.25) is 14.6 Å². The van der Waals surface area contributed by atoms with Gasteiger partial charge in [0.1, 0.15) is 77.6 Å². The maximum atomic E-state index is 12.4. The van der Waals surface area contributed by atoms with E-state index in [1.807, 2.05) is 136 Å². The molecule has 2 aliphatic heterocycles. The Morgan fingerprint density at radius 3 is 1.36 bits per heavy atom. The van der Waals surface area contributed by atoms with E-state index in [0.29, 0.717) is 68.4 Å². The van der Waals surface area contributed by atoms with E-state index in [1.54, 1.807) is 25.4 Å². The minimum Gasteiger partial charge on any atom is -0.491 e. The lowest BCUT2D eigenvalue weighted by Crippen LogP contribution is -2.50. The van der Waals surface area contributed by atoms with E-state index in [4.69, 9.17) is 76.5 Å². The monoisotopic (exact) mass is 1600 g/mol. The molecule has 0 bridgehead atoms.